The Morgan fingerprint density at radius 3 is 2.35 bits per heavy atom. The Labute approximate surface area is 230 Å². The van der Waals surface area contributed by atoms with Gasteiger partial charge in [-0.1, -0.05) is 78.1 Å². The number of benzene rings is 3. The van der Waals surface area contributed by atoms with Crippen molar-refractivity contribution in [3.63, 3.8) is 0 Å². The quantitative estimate of drug-likeness (QED) is 0.203. The summed E-state index contributed by atoms with van der Waals surface area (Å²) < 4.78 is 11.7. The van der Waals surface area contributed by atoms with Gasteiger partial charge in [0.25, 0.3) is 0 Å². The summed E-state index contributed by atoms with van der Waals surface area (Å²) in [6, 6.07) is 18.1. The lowest BCUT2D eigenvalue weighted by Crippen LogP contribution is -2.03. The lowest BCUT2D eigenvalue weighted by Gasteiger charge is -2.13. The largest absolute Gasteiger partial charge is 0.489 e. The van der Waals surface area contributed by atoms with Crippen LogP contribution in [0.25, 0.3) is 11.3 Å². The number of ether oxygens (including phenoxy) is 1. The van der Waals surface area contributed by atoms with Gasteiger partial charge < -0.3 is 19.7 Å². The third kappa shape index (κ3) is 6.58. The Hall–Kier alpha value is -3.19. The fourth-order valence-corrected chi connectivity index (χ4v) is 4.68. The number of aromatic nitrogens is 1. The van der Waals surface area contributed by atoms with Gasteiger partial charge >= 0.3 is 5.97 Å². The van der Waals surface area contributed by atoms with Crippen LogP contribution in [0.4, 0.5) is 5.69 Å². The second kappa shape index (κ2) is 11.9. The molecule has 0 fully saturated rings. The molecular weight excluding hydrogens is 535 g/mol. The number of hydrogen-bond donors (Lipinski definition) is 2. The molecule has 9 heteroatoms. The van der Waals surface area contributed by atoms with Gasteiger partial charge in [-0.3, -0.25) is 4.79 Å². The van der Waals surface area contributed by atoms with Crippen LogP contribution in [0.1, 0.15) is 42.2 Å². The van der Waals surface area contributed by atoms with E-state index in [-0.39, 0.29) is 18.9 Å². The Morgan fingerprint density at radius 2 is 1.73 bits per heavy atom. The van der Waals surface area contributed by atoms with E-state index in [9.17, 15) is 4.79 Å². The fraction of sp³-hybridized carbons (Fsp3) is 0.214. The molecule has 0 aliphatic rings. The SMILES string of the molecule is CC(C)c1onc(-c2c(Cl)cccc2Cl)c1COc1ccc(CNc2ccc(CC(=O)O)cc2)c(Cl)c1. The summed E-state index contributed by atoms with van der Waals surface area (Å²) in [4.78, 5) is 10.8. The third-order valence-electron chi connectivity index (χ3n) is 5.74. The molecule has 3 aromatic carbocycles. The van der Waals surface area contributed by atoms with Gasteiger partial charge in [-0.25, -0.2) is 0 Å². The van der Waals surface area contributed by atoms with Gasteiger partial charge in [0.2, 0.25) is 0 Å². The Bertz CT molecular complexity index is 1380. The van der Waals surface area contributed by atoms with Gasteiger partial charge in [0.05, 0.1) is 22.0 Å². The molecule has 0 unspecified atom stereocenters. The summed E-state index contributed by atoms with van der Waals surface area (Å²) >= 11 is 19.4. The van der Waals surface area contributed by atoms with Crippen molar-refractivity contribution in [2.45, 2.75) is 39.3 Å². The Balaban J connectivity index is 1.46. The number of halogens is 3. The van der Waals surface area contributed by atoms with Crippen molar-refractivity contribution in [1.29, 1.82) is 0 Å². The second-order valence-electron chi connectivity index (χ2n) is 8.79. The summed E-state index contributed by atoms with van der Waals surface area (Å²) in [6.45, 7) is 4.72. The normalized spacial score (nSPS) is 11.1. The van der Waals surface area contributed by atoms with Crippen molar-refractivity contribution >= 4 is 46.5 Å². The van der Waals surface area contributed by atoms with E-state index in [0.29, 0.717) is 44.4 Å². The zero-order valence-corrected chi connectivity index (χ0v) is 22.5. The Kier molecular flexibility index (Phi) is 8.64. The predicted molar refractivity (Wildman–Crippen MR) is 147 cm³/mol. The van der Waals surface area contributed by atoms with Crippen LogP contribution in [0.15, 0.2) is 65.2 Å². The second-order valence-corrected chi connectivity index (χ2v) is 10.0. The smallest absolute Gasteiger partial charge is 0.307 e. The maximum absolute atomic E-state index is 10.8. The monoisotopic (exact) mass is 558 g/mol. The number of carboxylic acids is 1. The topological polar surface area (TPSA) is 84.6 Å². The van der Waals surface area contributed by atoms with E-state index in [1.54, 1.807) is 36.4 Å². The van der Waals surface area contributed by atoms with Crippen molar-refractivity contribution in [1.82, 2.24) is 5.16 Å². The van der Waals surface area contributed by atoms with Gasteiger partial charge in [-0.05, 0) is 47.5 Å². The molecule has 0 aliphatic heterocycles. The number of nitrogens with one attached hydrogen (secondary N) is 1. The number of aliphatic carboxylic acids is 1. The molecule has 0 saturated heterocycles. The molecule has 1 aromatic heterocycles. The molecule has 1 heterocycles. The highest BCUT2D eigenvalue weighted by Gasteiger charge is 2.24. The summed E-state index contributed by atoms with van der Waals surface area (Å²) in [5.41, 5.74) is 4.44. The highest BCUT2D eigenvalue weighted by atomic mass is 35.5. The maximum Gasteiger partial charge on any atom is 0.307 e. The maximum atomic E-state index is 10.8. The first-order chi connectivity index (χ1) is 17.7. The molecule has 4 rings (SSSR count). The number of carboxylic acid groups (broad SMARTS) is 1. The molecule has 0 aliphatic carbocycles. The van der Waals surface area contributed by atoms with Crippen LogP contribution in [0.2, 0.25) is 15.1 Å². The van der Waals surface area contributed by atoms with Crippen LogP contribution in [0.3, 0.4) is 0 Å². The summed E-state index contributed by atoms with van der Waals surface area (Å²) in [5, 5.41) is 18.0. The van der Waals surface area contributed by atoms with Crippen LogP contribution in [0.5, 0.6) is 5.75 Å². The number of carbonyl (C=O) groups is 1. The van der Waals surface area contributed by atoms with E-state index in [2.05, 4.69) is 10.5 Å². The van der Waals surface area contributed by atoms with E-state index in [0.717, 1.165) is 22.4 Å². The molecule has 37 heavy (non-hydrogen) atoms. The van der Waals surface area contributed by atoms with Crippen LogP contribution in [-0.2, 0) is 24.4 Å². The molecule has 0 bridgehead atoms. The average molecular weight is 560 g/mol. The molecule has 192 valence electrons. The summed E-state index contributed by atoms with van der Waals surface area (Å²) in [7, 11) is 0. The molecule has 4 aromatic rings. The number of anilines is 1. The molecule has 0 saturated carbocycles. The van der Waals surface area contributed by atoms with Crippen LogP contribution in [-0.4, -0.2) is 16.2 Å². The van der Waals surface area contributed by atoms with Gasteiger partial charge in [0.15, 0.2) is 0 Å². The minimum Gasteiger partial charge on any atom is -0.489 e. The van der Waals surface area contributed by atoms with E-state index >= 15 is 0 Å². The van der Waals surface area contributed by atoms with Gasteiger partial charge in [-0.2, -0.15) is 0 Å². The van der Waals surface area contributed by atoms with Crippen molar-refractivity contribution < 1.29 is 19.2 Å². The third-order valence-corrected chi connectivity index (χ3v) is 6.72. The van der Waals surface area contributed by atoms with Crippen molar-refractivity contribution in [2.24, 2.45) is 0 Å². The van der Waals surface area contributed by atoms with Crippen molar-refractivity contribution in [3.8, 4) is 17.0 Å². The number of nitrogens with zero attached hydrogens (tertiary/aromatic N) is 1. The van der Waals surface area contributed by atoms with Gasteiger partial charge in [-0.15, -0.1) is 0 Å². The first kappa shape index (κ1) is 26.9. The summed E-state index contributed by atoms with van der Waals surface area (Å²) in [5.74, 6) is 0.519. The van der Waals surface area contributed by atoms with Gasteiger partial charge in [0.1, 0.15) is 23.8 Å². The minimum absolute atomic E-state index is 0.00592. The van der Waals surface area contributed by atoms with E-state index < -0.39 is 5.97 Å². The zero-order chi connectivity index (χ0) is 26.5. The molecule has 0 amide bonds. The predicted octanol–water partition coefficient (Wildman–Crippen LogP) is 8.24. The summed E-state index contributed by atoms with van der Waals surface area (Å²) in [6.07, 6.45) is -0.00592. The highest BCUT2D eigenvalue weighted by Crippen LogP contribution is 2.39. The molecule has 0 spiro atoms. The fourth-order valence-electron chi connectivity index (χ4n) is 3.86. The van der Waals surface area contributed by atoms with Crippen molar-refractivity contribution in [2.75, 3.05) is 5.32 Å². The molecular formula is C28H25Cl3N2O4. The standard InChI is InChI=1S/C28H25Cl3N2O4/c1-16(2)28-21(27(33-37-28)26-22(29)4-3-5-23(26)30)15-36-20-11-8-18(24(31)13-20)14-32-19-9-6-17(7-10-19)12-25(34)35/h3-11,13,16,32H,12,14-15H2,1-2H3,(H,34,35). The molecule has 6 nitrogen and oxygen atoms in total. The Morgan fingerprint density at radius 1 is 1.03 bits per heavy atom. The van der Waals surface area contributed by atoms with E-state index in [4.69, 9.17) is 49.2 Å². The molecule has 2 N–H and O–H groups in total. The van der Waals surface area contributed by atoms with E-state index in [1.807, 2.05) is 38.1 Å². The van der Waals surface area contributed by atoms with Crippen molar-refractivity contribution in [3.05, 3.63) is 98.2 Å². The van der Waals surface area contributed by atoms with Gasteiger partial charge in [0, 0.05) is 28.7 Å². The minimum atomic E-state index is -0.858. The highest BCUT2D eigenvalue weighted by molar-refractivity contribution is 6.39. The van der Waals surface area contributed by atoms with Crippen LogP contribution in [0, 0.1) is 0 Å². The van der Waals surface area contributed by atoms with E-state index in [1.165, 1.54) is 0 Å². The first-order valence-electron chi connectivity index (χ1n) is 11.6. The first-order valence-corrected chi connectivity index (χ1v) is 12.7. The van der Waals surface area contributed by atoms with Crippen LogP contribution < -0.4 is 10.1 Å². The number of hydrogen-bond acceptors (Lipinski definition) is 5. The zero-order valence-electron chi connectivity index (χ0n) is 20.2. The molecule has 0 radical (unpaired) electrons. The molecule has 0 atom stereocenters. The average Bonchev–Trinajstić information content (AvgIpc) is 3.26. The number of rotatable bonds is 10. The van der Waals surface area contributed by atoms with Crippen LogP contribution >= 0.6 is 34.8 Å². The lowest BCUT2D eigenvalue weighted by atomic mass is 10.0. The lowest BCUT2D eigenvalue weighted by molar-refractivity contribution is -0.136.